The predicted octanol–water partition coefficient (Wildman–Crippen LogP) is 4.12. The van der Waals surface area contributed by atoms with E-state index in [2.05, 4.69) is 10.4 Å². The zero-order valence-electron chi connectivity index (χ0n) is 17.3. The van der Waals surface area contributed by atoms with E-state index in [0.717, 1.165) is 11.3 Å². The average Bonchev–Trinajstić information content (AvgIpc) is 2.71. The number of hydrogen-bond acceptors (Lipinski definition) is 4. The molecule has 150 valence electrons. The van der Waals surface area contributed by atoms with E-state index >= 15 is 0 Å². The lowest BCUT2D eigenvalue weighted by atomic mass is 10.0. The molecular formula is C23H25N3O3. The summed E-state index contributed by atoms with van der Waals surface area (Å²) in [6, 6.07) is 15.0. The first-order chi connectivity index (χ1) is 13.8. The third kappa shape index (κ3) is 4.21. The second-order valence-electron chi connectivity index (χ2n) is 7.26. The number of carbonyl (C=O) groups excluding carboxylic acids is 1. The van der Waals surface area contributed by atoms with Crippen LogP contribution in [0.25, 0.3) is 16.8 Å². The fourth-order valence-corrected chi connectivity index (χ4v) is 2.94. The largest absolute Gasteiger partial charge is 0.497 e. The lowest BCUT2D eigenvalue weighted by molar-refractivity contribution is -0.118. The Morgan fingerprint density at radius 2 is 1.79 bits per heavy atom. The summed E-state index contributed by atoms with van der Waals surface area (Å²) in [6.07, 6.45) is 0. The monoisotopic (exact) mass is 391 g/mol. The fraction of sp³-hybridized carbons (Fsp3) is 0.261. The van der Waals surface area contributed by atoms with Crippen LogP contribution in [0.2, 0.25) is 0 Å². The molecule has 3 rings (SSSR count). The van der Waals surface area contributed by atoms with Gasteiger partial charge in [-0.2, -0.15) is 5.10 Å². The van der Waals surface area contributed by atoms with E-state index in [-0.39, 0.29) is 17.3 Å². The van der Waals surface area contributed by atoms with Crippen molar-refractivity contribution in [2.24, 2.45) is 5.92 Å². The second kappa shape index (κ2) is 8.31. The van der Waals surface area contributed by atoms with Crippen molar-refractivity contribution in [3.05, 3.63) is 70.0 Å². The summed E-state index contributed by atoms with van der Waals surface area (Å²) in [5.41, 5.74) is 2.99. The van der Waals surface area contributed by atoms with E-state index in [1.807, 2.05) is 49.4 Å². The van der Waals surface area contributed by atoms with E-state index < -0.39 is 0 Å². The number of benzene rings is 2. The number of methoxy groups -OCH3 is 1. The molecule has 0 spiro atoms. The minimum absolute atomic E-state index is 0.194. The van der Waals surface area contributed by atoms with Gasteiger partial charge in [-0.15, -0.1) is 0 Å². The van der Waals surface area contributed by atoms with Gasteiger partial charge in [-0.05, 0) is 43.7 Å². The maximum atomic E-state index is 13.1. The molecule has 0 bridgehead atoms. The first kappa shape index (κ1) is 20.3. The summed E-state index contributed by atoms with van der Waals surface area (Å²) in [5.74, 6) is 0.520. The summed E-state index contributed by atoms with van der Waals surface area (Å²) in [6.45, 7) is 7.27. The first-order valence-corrected chi connectivity index (χ1v) is 9.48. The van der Waals surface area contributed by atoms with Gasteiger partial charge in [-0.3, -0.25) is 9.59 Å². The zero-order valence-corrected chi connectivity index (χ0v) is 17.3. The molecule has 1 N–H and O–H groups in total. The zero-order chi connectivity index (χ0) is 21.1. The number of amides is 1. The highest BCUT2D eigenvalue weighted by Crippen LogP contribution is 2.29. The molecule has 0 saturated heterocycles. The molecule has 2 aromatic carbocycles. The molecule has 29 heavy (non-hydrogen) atoms. The highest BCUT2D eigenvalue weighted by molar-refractivity contribution is 5.95. The van der Waals surface area contributed by atoms with Crippen LogP contribution in [0.1, 0.15) is 25.1 Å². The molecule has 0 atom stereocenters. The van der Waals surface area contributed by atoms with Crippen molar-refractivity contribution in [3.63, 3.8) is 0 Å². The van der Waals surface area contributed by atoms with Crippen molar-refractivity contribution in [3.8, 4) is 22.6 Å². The Hall–Kier alpha value is -3.41. The minimum atomic E-state index is -0.254. The Bertz CT molecular complexity index is 1100. The SMILES string of the molecule is COc1cccc(-c2c(NC(=O)C(C)C)n(-c3ccc(C)cc3)nc(C)c2=O)c1. The summed E-state index contributed by atoms with van der Waals surface area (Å²) in [4.78, 5) is 25.7. The molecule has 0 radical (unpaired) electrons. The molecule has 0 aliphatic carbocycles. The molecule has 0 aliphatic rings. The van der Waals surface area contributed by atoms with Gasteiger partial charge in [0, 0.05) is 5.92 Å². The van der Waals surface area contributed by atoms with Gasteiger partial charge >= 0.3 is 0 Å². The van der Waals surface area contributed by atoms with Crippen LogP contribution in [0.3, 0.4) is 0 Å². The van der Waals surface area contributed by atoms with Crippen LogP contribution < -0.4 is 15.5 Å². The number of aryl methyl sites for hydroxylation is 2. The maximum absolute atomic E-state index is 13.1. The minimum Gasteiger partial charge on any atom is -0.497 e. The maximum Gasteiger partial charge on any atom is 0.228 e. The van der Waals surface area contributed by atoms with Gasteiger partial charge in [0.25, 0.3) is 0 Å². The molecule has 0 saturated carbocycles. The molecule has 6 nitrogen and oxygen atoms in total. The van der Waals surface area contributed by atoms with Crippen LogP contribution in [0.15, 0.2) is 53.3 Å². The highest BCUT2D eigenvalue weighted by atomic mass is 16.5. The Kier molecular flexibility index (Phi) is 5.82. The lowest BCUT2D eigenvalue weighted by Gasteiger charge is -2.19. The van der Waals surface area contributed by atoms with Crippen LogP contribution in [-0.4, -0.2) is 22.8 Å². The van der Waals surface area contributed by atoms with Gasteiger partial charge in [0.1, 0.15) is 17.3 Å². The number of nitrogens with one attached hydrogen (secondary N) is 1. The van der Waals surface area contributed by atoms with E-state index in [0.29, 0.717) is 28.4 Å². The van der Waals surface area contributed by atoms with Crippen LogP contribution >= 0.6 is 0 Å². The van der Waals surface area contributed by atoms with Gasteiger partial charge in [-0.25, -0.2) is 4.68 Å². The average molecular weight is 391 g/mol. The quantitative estimate of drug-likeness (QED) is 0.710. The van der Waals surface area contributed by atoms with Gasteiger partial charge in [0.05, 0.1) is 18.4 Å². The first-order valence-electron chi connectivity index (χ1n) is 9.48. The van der Waals surface area contributed by atoms with Gasteiger partial charge < -0.3 is 10.1 Å². The van der Waals surface area contributed by atoms with Crippen molar-refractivity contribution in [1.82, 2.24) is 9.78 Å². The normalized spacial score (nSPS) is 10.8. The van der Waals surface area contributed by atoms with Crippen molar-refractivity contribution >= 4 is 11.7 Å². The fourth-order valence-electron chi connectivity index (χ4n) is 2.94. The standard InChI is InChI=1S/C23H25N3O3/c1-14(2)23(28)24-22-20(17-7-6-8-19(13-17)29-5)21(27)16(4)25-26(22)18-11-9-15(3)10-12-18/h6-14H,1-5H3,(H,24,28). The number of aromatic nitrogens is 2. The lowest BCUT2D eigenvalue weighted by Crippen LogP contribution is -2.26. The molecule has 3 aromatic rings. The molecule has 6 heteroatoms. The Balaban J connectivity index is 2.34. The van der Waals surface area contributed by atoms with Crippen LogP contribution in [0, 0.1) is 19.8 Å². The summed E-state index contributed by atoms with van der Waals surface area (Å²) >= 11 is 0. The Morgan fingerprint density at radius 3 is 2.41 bits per heavy atom. The van der Waals surface area contributed by atoms with E-state index in [1.54, 1.807) is 38.6 Å². The Labute approximate surface area is 170 Å². The number of nitrogens with zero attached hydrogens (tertiary/aromatic N) is 2. The van der Waals surface area contributed by atoms with Gasteiger partial charge in [0.15, 0.2) is 0 Å². The summed E-state index contributed by atoms with van der Waals surface area (Å²) < 4.78 is 6.94. The number of anilines is 1. The number of ether oxygens (including phenoxy) is 1. The van der Waals surface area contributed by atoms with Crippen LogP contribution in [-0.2, 0) is 4.79 Å². The highest BCUT2D eigenvalue weighted by Gasteiger charge is 2.21. The molecule has 0 fully saturated rings. The number of rotatable bonds is 5. The molecule has 1 aromatic heterocycles. The van der Waals surface area contributed by atoms with E-state index in [4.69, 9.17) is 4.74 Å². The third-order valence-corrected chi connectivity index (χ3v) is 4.66. The van der Waals surface area contributed by atoms with Crippen LogP contribution in [0.4, 0.5) is 5.82 Å². The molecular weight excluding hydrogens is 366 g/mol. The van der Waals surface area contributed by atoms with Crippen molar-refractivity contribution in [2.75, 3.05) is 12.4 Å². The Morgan fingerprint density at radius 1 is 1.10 bits per heavy atom. The molecule has 1 amide bonds. The van der Waals surface area contributed by atoms with Crippen molar-refractivity contribution < 1.29 is 9.53 Å². The van der Waals surface area contributed by atoms with E-state index in [1.165, 1.54) is 0 Å². The number of carbonyl (C=O) groups is 1. The molecule has 0 unspecified atom stereocenters. The predicted molar refractivity (Wildman–Crippen MR) is 115 cm³/mol. The van der Waals surface area contributed by atoms with Gasteiger partial charge in [0.2, 0.25) is 11.3 Å². The van der Waals surface area contributed by atoms with Crippen LogP contribution in [0.5, 0.6) is 5.75 Å². The summed E-state index contributed by atoms with van der Waals surface area (Å²) in [7, 11) is 1.57. The van der Waals surface area contributed by atoms with Crippen molar-refractivity contribution in [2.45, 2.75) is 27.7 Å². The van der Waals surface area contributed by atoms with Gasteiger partial charge in [-0.1, -0.05) is 43.7 Å². The smallest absolute Gasteiger partial charge is 0.228 e. The molecule has 0 aliphatic heterocycles. The second-order valence-corrected chi connectivity index (χ2v) is 7.26. The number of hydrogen-bond donors (Lipinski definition) is 1. The summed E-state index contributed by atoms with van der Waals surface area (Å²) in [5, 5.41) is 7.39. The van der Waals surface area contributed by atoms with E-state index in [9.17, 15) is 9.59 Å². The topological polar surface area (TPSA) is 73.2 Å². The third-order valence-electron chi connectivity index (χ3n) is 4.66. The molecule has 1 heterocycles. The van der Waals surface area contributed by atoms with Crippen molar-refractivity contribution in [1.29, 1.82) is 0 Å².